The molecule has 0 unspecified atom stereocenters. The van der Waals surface area contributed by atoms with Gasteiger partial charge in [-0.2, -0.15) is 4.37 Å². The van der Waals surface area contributed by atoms with Crippen molar-refractivity contribution in [3.05, 3.63) is 18.2 Å². The number of rotatable bonds is 1. The number of fused-ring (bicyclic) bond motifs is 1. The molecule has 3 heterocycles. The standard InChI is InChI=1S/C10H12N4S/c1-3-11-4-2-7(1)9-8-5-12-6-13-10(8)15-14-9/h5-7,11H,1-4H2. The van der Waals surface area contributed by atoms with Crippen molar-refractivity contribution >= 4 is 21.7 Å². The highest BCUT2D eigenvalue weighted by atomic mass is 32.1. The molecule has 78 valence electrons. The molecule has 3 rings (SSSR count). The molecule has 1 N–H and O–H groups in total. The van der Waals surface area contributed by atoms with Crippen molar-refractivity contribution in [2.75, 3.05) is 13.1 Å². The molecule has 1 aliphatic rings. The summed E-state index contributed by atoms with van der Waals surface area (Å²) in [5.74, 6) is 0.589. The number of aromatic nitrogens is 3. The molecule has 0 saturated carbocycles. The van der Waals surface area contributed by atoms with Gasteiger partial charge in [0, 0.05) is 12.1 Å². The Bertz CT molecular complexity index is 461. The molecule has 0 aliphatic carbocycles. The minimum absolute atomic E-state index is 0.589. The van der Waals surface area contributed by atoms with Crippen LogP contribution < -0.4 is 5.32 Å². The Labute approximate surface area is 91.9 Å². The lowest BCUT2D eigenvalue weighted by Gasteiger charge is -2.20. The van der Waals surface area contributed by atoms with Gasteiger partial charge < -0.3 is 5.32 Å². The van der Waals surface area contributed by atoms with Gasteiger partial charge in [0.05, 0.1) is 11.1 Å². The molecule has 1 fully saturated rings. The minimum Gasteiger partial charge on any atom is -0.317 e. The summed E-state index contributed by atoms with van der Waals surface area (Å²) >= 11 is 1.49. The van der Waals surface area contributed by atoms with Crippen molar-refractivity contribution < 1.29 is 0 Å². The average molecular weight is 220 g/mol. The molecule has 2 aromatic rings. The van der Waals surface area contributed by atoms with Gasteiger partial charge in [0.15, 0.2) is 0 Å². The van der Waals surface area contributed by atoms with Gasteiger partial charge in [0.25, 0.3) is 0 Å². The van der Waals surface area contributed by atoms with Crippen molar-refractivity contribution in [2.45, 2.75) is 18.8 Å². The molecule has 0 bridgehead atoms. The van der Waals surface area contributed by atoms with E-state index in [0.29, 0.717) is 5.92 Å². The van der Waals surface area contributed by atoms with Crippen LogP contribution in [0.2, 0.25) is 0 Å². The Morgan fingerprint density at radius 3 is 3.07 bits per heavy atom. The smallest absolute Gasteiger partial charge is 0.147 e. The van der Waals surface area contributed by atoms with Crippen LogP contribution in [0.3, 0.4) is 0 Å². The molecule has 0 aromatic carbocycles. The Morgan fingerprint density at radius 2 is 2.20 bits per heavy atom. The van der Waals surface area contributed by atoms with Crippen LogP contribution >= 0.6 is 11.5 Å². The average Bonchev–Trinajstić information content (AvgIpc) is 2.74. The lowest BCUT2D eigenvalue weighted by atomic mass is 9.93. The molecule has 0 atom stereocenters. The van der Waals surface area contributed by atoms with Gasteiger partial charge in [0.2, 0.25) is 0 Å². The Hall–Kier alpha value is -1.07. The summed E-state index contributed by atoms with van der Waals surface area (Å²) in [6.07, 6.45) is 5.83. The Morgan fingerprint density at radius 1 is 1.33 bits per heavy atom. The summed E-state index contributed by atoms with van der Waals surface area (Å²) in [5, 5.41) is 4.52. The number of nitrogens with one attached hydrogen (secondary N) is 1. The fraction of sp³-hybridized carbons (Fsp3) is 0.500. The molecule has 0 spiro atoms. The van der Waals surface area contributed by atoms with E-state index in [0.717, 1.165) is 23.3 Å². The second kappa shape index (κ2) is 3.83. The first-order chi connectivity index (χ1) is 7.45. The molecule has 2 aromatic heterocycles. The summed E-state index contributed by atoms with van der Waals surface area (Å²) in [6.45, 7) is 2.19. The third kappa shape index (κ3) is 1.61. The zero-order chi connectivity index (χ0) is 10.1. The van der Waals surface area contributed by atoms with Gasteiger partial charge in [-0.05, 0) is 37.5 Å². The highest BCUT2D eigenvalue weighted by molar-refractivity contribution is 7.12. The molecule has 0 radical (unpaired) electrons. The van der Waals surface area contributed by atoms with Gasteiger partial charge in [-0.1, -0.05) is 0 Å². The second-order valence-corrected chi connectivity index (χ2v) is 4.59. The van der Waals surface area contributed by atoms with E-state index in [1.807, 2.05) is 6.20 Å². The normalized spacial score (nSPS) is 18.4. The Balaban J connectivity index is 2.02. The summed E-state index contributed by atoms with van der Waals surface area (Å²) in [5.41, 5.74) is 1.21. The van der Waals surface area contributed by atoms with E-state index in [9.17, 15) is 0 Å². The number of hydrogen-bond donors (Lipinski definition) is 1. The lowest BCUT2D eigenvalue weighted by molar-refractivity contribution is 0.457. The maximum absolute atomic E-state index is 4.53. The third-order valence-corrected chi connectivity index (χ3v) is 3.69. The zero-order valence-electron chi connectivity index (χ0n) is 8.31. The van der Waals surface area contributed by atoms with Crippen molar-refractivity contribution in [1.29, 1.82) is 0 Å². The van der Waals surface area contributed by atoms with E-state index in [1.165, 1.54) is 30.1 Å². The van der Waals surface area contributed by atoms with Crippen LogP contribution in [0, 0.1) is 0 Å². The van der Waals surface area contributed by atoms with Crippen LogP contribution in [0.1, 0.15) is 24.5 Å². The summed E-state index contributed by atoms with van der Waals surface area (Å²) in [7, 11) is 0. The van der Waals surface area contributed by atoms with E-state index >= 15 is 0 Å². The van der Waals surface area contributed by atoms with Crippen molar-refractivity contribution in [1.82, 2.24) is 19.7 Å². The number of nitrogens with zero attached hydrogens (tertiary/aromatic N) is 3. The van der Waals surface area contributed by atoms with Crippen LogP contribution in [0.4, 0.5) is 0 Å². The van der Waals surface area contributed by atoms with Gasteiger partial charge in [-0.15, -0.1) is 0 Å². The van der Waals surface area contributed by atoms with E-state index in [4.69, 9.17) is 0 Å². The summed E-state index contributed by atoms with van der Waals surface area (Å²) < 4.78 is 4.53. The largest absolute Gasteiger partial charge is 0.317 e. The van der Waals surface area contributed by atoms with Gasteiger partial charge in [-0.25, -0.2) is 9.97 Å². The van der Waals surface area contributed by atoms with E-state index < -0.39 is 0 Å². The summed E-state index contributed by atoms with van der Waals surface area (Å²) in [4.78, 5) is 9.32. The van der Waals surface area contributed by atoms with Gasteiger partial charge in [-0.3, -0.25) is 0 Å². The SMILES string of the molecule is c1ncc2c(C3CCNCC3)nsc2n1. The molecule has 4 nitrogen and oxygen atoms in total. The van der Waals surface area contributed by atoms with Gasteiger partial charge in [0.1, 0.15) is 11.2 Å². The molecule has 0 amide bonds. The predicted octanol–water partition coefficient (Wildman–Crippen LogP) is 1.55. The van der Waals surface area contributed by atoms with Crippen LogP contribution in [0.15, 0.2) is 12.5 Å². The number of piperidine rings is 1. The maximum Gasteiger partial charge on any atom is 0.147 e. The fourth-order valence-electron chi connectivity index (χ4n) is 2.10. The van der Waals surface area contributed by atoms with Crippen LogP contribution in [0.25, 0.3) is 10.2 Å². The minimum atomic E-state index is 0.589. The highest BCUT2D eigenvalue weighted by Crippen LogP contribution is 2.31. The Kier molecular flexibility index (Phi) is 2.34. The molecule has 5 heteroatoms. The van der Waals surface area contributed by atoms with Crippen molar-refractivity contribution in [3.8, 4) is 0 Å². The first-order valence-corrected chi connectivity index (χ1v) is 5.98. The third-order valence-electron chi connectivity index (χ3n) is 2.91. The zero-order valence-corrected chi connectivity index (χ0v) is 9.13. The first-order valence-electron chi connectivity index (χ1n) is 5.21. The van der Waals surface area contributed by atoms with Crippen molar-refractivity contribution in [2.24, 2.45) is 0 Å². The fourth-order valence-corrected chi connectivity index (χ4v) is 2.88. The first kappa shape index (κ1) is 9.18. The van der Waals surface area contributed by atoms with E-state index in [1.54, 1.807) is 6.33 Å². The molecular weight excluding hydrogens is 208 g/mol. The van der Waals surface area contributed by atoms with Crippen molar-refractivity contribution in [3.63, 3.8) is 0 Å². The van der Waals surface area contributed by atoms with Gasteiger partial charge >= 0.3 is 0 Å². The topological polar surface area (TPSA) is 50.7 Å². The highest BCUT2D eigenvalue weighted by Gasteiger charge is 2.20. The molecular formula is C10H12N4S. The van der Waals surface area contributed by atoms with Crippen LogP contribution in [-0.2, 0) is 0 Å². The quantitative estimate of drug-likeness (QED) is 0.792. The second-order valence-electron chi connectivity index (χ2n) is 3.83. The van der Waals surface area contributed by atoms with Crippen LogP contribution in [-0.4, -0.2) is 27.4 Å². The van der Waals surface area contributed by atoms with Crippen LogP contribution in [0.5, 0.6) is 0 Å². The van der Waals surface area contributed by atoms with E-state index in [2.05, 4.69) is 19.7 Å². The summed E-state index contributed by atoms with van der Waals surface area (Å²) in [6, 6.07) is 0. The maximum atomic E-state index is 4.53. The lowest BCUT2D eigenvalue weighted by Crippen LogP contribution is -2.26. The molecule has 15 heavy (non-hydrogen) atoms. The predicted molar refractivity (Wildman–Crippen MR) is 60.1 cm³/mol. The number of hydrogen-bond acceptors (Lipinski definition) is 5. The molecule has 1 aliphatic heterocycles. The molecule has 1 saturated heterocycles. The monoisotopic (exact) mass is 220 g/mol. The van der Waals surface area contributed by atoms with E-state index in [-0.39, 0.29) is 0 Å².